The lowest BCUT2D eigenvalue weighted by atomic mass is 10.1. The van der Waals surface area contributed by atoms with Crippen molar-refractivity contribution in [2.45, 2.75) is 6.61 Å². The van der Waals surface area contributed by atoms with Gasteiger partial charge in [-0.2, -0.15) is 0 Å². The smallest absolute Gasteiger partial charge is 0.191 e. The van der Waals surface area contributed by atoms with Crippen molar-refractivity contribution in [2.24, 2.45) is 0 Å². The molecular weight excluding hydrogens is 368 g/mol. The van der Waals surface area contributed by atoms with Gasteiger partial charge in [0.2, 0.25) is 0 Å². The van der Waals surface area contributed by atoms with Crippen molar-refractivity contribution in [1.29, 1.82) is 0 Å². The molecule has 0 aliphatic carbocycles. The SMILES string of the molecule is COc1ccc(COc2ccc(C(=O)C=C(SC)SC)c(OC)c2)cc1. The van der Waals surface area contributed by atoms with E-state index in [1.54, 1.807) is 62.0 Å². The molecule has 0 aromatic heterocycles. The van der Waals surface area contributed by atoms with Crippen LogP contribution in [0.5, 0.6) is 17.2 Å². The van der Waals surface area contributed by atoms with Crippen molar-refractivity contribution in [3.63, 3.8) is 0 Å². The Morgan fingerprint density at radius 2 is 1.62 bits per heavy atom. The van der Waals surface area contributed by atoms with Crippen molar-refractivity contribution in [3.05, 3.63) is 63.9 Å². The van der Waals surface area contributed by atoms with E-state index in [9.17, 15) is 4.79 Å². The summed E-state index contributed by atoms with van der Waals surface area (Å²) >= 11 is 3.09. The van der Waals surface area contributed by atoms with Crippen LogP contribution in [0.15, 0.2) is 52.8 Å². The van der Waals surface area contributed by atoms with Gasteiger partial charge in [-0.15, -0.1) is 23.5 Å². The first-order chi connectivity index (χ1) is 12.6. The van der Waals surface area contributed by atoms with E-state index in [-0.39, 0.29) is 5.78 Å². The van der Waals surface area contributed by atoms with Crippen LogP contribution in [-0.4, -0.2) is 32.5 Å². The highest BCUT2D eigenvalue weighted by Crippen LogP contribution is 2.29. The third-order valence-electron chi connectivity index (χ3n) is 3.65. The molecule has 0 atom stereocenters. The molecule has 6 heteroatoms. The van der Waals surface area contributed by atoms with Crippen LogP contribution in [0.25, 0.3) is 0 Å². The summed E-state index contributed by atoms with van der Waals surface area (Å²) in [5, 5.41) is 0. The second kappa shape index (κ2) is 10.2. The summed E-state index contributed by atoms with van der Waals surface area (Å²) in [5.74, 6) is 1.87. The molecule has 26 heavy (non-hydrogen) atoms. The Morgan fingerprint density at radius 3 is 2.19 bits per heavy atom. The number of hydrogen-bond acceptors (Lipinski definition) is 6. The summed E-state index contributed by atoms with van der Waals surface area (Å²) in [6.45, 7) is 0.420. The number of thioether (sulfide) groups is 2. The Labute approximate surface area is 162 Å². The fourth-order valence-electron chi connectivity index (χ4n) is 2.24. The van der Waals surface area contributed by atoms with Gasteiger partial charge in [-0.1, -0.05) is 12.1 Å². The maximum atomic E-state index is 12.5. The van der Waals surface area contributed by atoms with Crippen LogP contribution in [-0.2, 0) is 6.61 Å². The zero-order valence-corrected chi connectivity index (χ0v) is 16.9. The van der Waals surface area contributed by atoms with Crippen molar-refractivity contribution in [2.75, 3.05) is 26.7 Å². The van der Waals surface area contributed by atoms with Crippen LogP contribution in [0.3, 0.4) is 0 Å². The van der Waals surface area contributed by atoms with E-state index in [1.807, 2.05) is 36.8 Å². The van der Waals surface area contributed by atoms with Crippen molar-refractivity contribution in [3.8, 4) is 17.2 Å². The summed E-state index contributed by atoms with van der Waals surface area (Å²) in [7, 11) is 3.18. The Bertz CT molecular complexity index is 764. The number of hydrogen-bond donors (Lipinski definition) is 0. The molecule has 0 spiro atoms. The molecule has 0 radical (unpaired) electrons. The maximum absolute atomic E-state index is 12.5. The van der Waals surface area contributed by atoms with E-state index in [2.05, 4.69) is 0 Å². The quantitative estimate of drug-likeness (QED) is 0.442. The average Bonchev–Trinajstić information content (AvgIpc) is 2.70. The van der Waals surface area contributed by atoms with Crippen LogP contribution in [0.2, 0.25) is 0 Å². The molecule has 2 rings (SSSR count). The predicted molar refractivity (Wildman–Crippen MR) is 110 cm³/mol. The lowest BCUT2D eigenvalue weighted by molar-refractivity contribution is 0.104. The largest absolute Gasteiger partial charge is 0.497 e. The zero-order chi connectivity index (χ0) is 18.9. The Hall–Kier alpha value is -2.05. The van der Waals surface area contributed by atoms with Crippen LogP contribution >= 0.6 is 23.5 Å². The fraction of sp³-hybridized carbons (Fsp3) is 0.250. The second-order valence-electron chi connectivity index (χ2n) is 5.23. The normalized spacial score (nSPS) is 10.2. The maximum Gasteiger partial charge on any atom is 0.191 e. The van der Waals surface area contributed by atoms with Crippen molar-refractivity contribution < 1.29 is 19.0 Å². The van der Waals surface area contributed by atoms with Gasteiger partial charge in [-0.05, 0) is 42.3 Å². The molecule has 2 aromatic carbocycles. The van der Waals surface area contributed by atoms with Crippen LogP contribution in [0.1, 0.15) is 15.9 Å². The van der Waals surface area contributed by atoms with E-state index in [4.69, 9.17) is 14.2 Å². The summed E-state index contributed by atoms with van der Waals surface area (Å²) in [5.41, 5.74) is 1.54. The van der Waals surface area contributed by atoms with Gasteiger partial charge < -0.3 is 14.2 Å². The van der Waals surface area contributed by atoms with Crippen molar-refractivity contribution in [1.82, 2.24) is 0 Å². The van der Waals surface area contributed by atoms with E-state index in [1.165, 1.54) is 0 Å². The number of ketones is 1. The molecule has 138 valence electrons. The van der Waals surface area contributed by atoms with Crippen molar-refractivity contribution >= 4 is 29.3 Å². The molecule has 0 aliphatic heterocycles. The van der Waals surface area contributed by atoms with Gasteiger partial charge in [0.05, 0.1) is 19.8 Å². The van der Waals surface area contributed by atoms with E-state index in [0.717, 1.165) is 15.6 Å². The number of methoxy groups -OCH3 is 2. The van der Waals surface area contributed by atoms with Gasteiger partial charge in [-0.3, -0.25) is 4.79 Å². The standard InChI is InChI=1S/C20H22O4S2/c1-22-15-7-5-14(6-8-15)13-24-16-9-10-17(19(11-16)23-2)18(21)12-20(25-3)26-4/h5-12H,13H2,1-4H3. The second-order valence-corrected chi connectivity index (χ2v) is 7.19. The Kier molecular flexibility index (Phi) is 7.94. The minimum atomic E-state index is -0.0812. The van der Waals surface area contributed by atoms with Crippen LogP contribution in [0, 0.1) is 0 Å². The molecule has 0 N–H and O–H groups in total. The van der Waals surface area contributed by atoms with Crippen LogP contribution in [0.4, 0.5) is 0 Å². The number of allylic oxidation sites excluding steroid dienone is 1. The van der Waals surface area contributed by atoms with Crippen LogP contribution < -0.4 is 14.2 Å². The average molecular weight is 391 g/mol. The number of carbonyl (C=O) groups excluding carboxylic acids is 1. The highest BCUT2D eigenvalue weighted by molar-refractivity contribution is 8.21. The molecule has 0 saturated heterocycles. The molecule has 0 aliphatic rings. The fourth-order valence-corrected chi connectivity index (χ4v) is 3.36. The molecule has 4 nitrogen and oxygen atoms in total. The van der Waals surface area contributed by atoms with Gasteiger partial charge >= 0.3 is 0 Å². The first-order valence-corrected chi connectivity index (χ1v) is 10.3. The lowest BCUT2D eigenvalue weighted by Gasteiger charge is -2.11. The molecule has 2 aromatic rings. The predicted octanol–water partition coefficient (Wildman–Crippen LogP) is 5.03. The molecule has 0 heterocycles. The van der Waals surface area contributed by atoms with Gasteiger partial charge in [-0.25, -0.2) is 0 Å². The summed E-state index contributed by atoms with van der Waals surface area (Å²) in [4.78, 5) is 12.5. The molecule has 0 unspecified atom stereocenters. The first kappa shape index (κ1) is 20.3. The van der Waals surface area contributed by atoms with Gasteiger partial charge in [0.1, 0.15) is 23.9 Å². The minimum Gasteiger partial charge on any atom is -0.497 e. The monoisotopic (exact) mass is 390 g/mol. The number of ether oxygens (including phenoxy) is 3. The Balaban J connectivity index is 2.11. The molecule has 0 saturated carbocycles. The summed E-state index contributed by atoms with van der Waals surface area (Å²) < 4.78 is 17.3. The van der Waals surface area contributed by atoms with E-state index in [0.29, 0.717) is 23.7 Å². The lowest BCUT2D eigenvalue weighted by Crippen LogP contribution is -2.01. The summed E-state index contributed by atoms with van der Waals surface area (Å²) in [6, 6.07) is 12.9. The number of rotatable bonds is 9. The molecule has 0 fully saturated rings. The summed E-state index contributed by atoms with van der Waals surface area (Å²) in [6.07, 6.45) is 5.52. The topological polar surface area (TPSA) is 44.8 Å². The van der Waals surface area contributed by atoms with E-state index < -0.39 is 0 Å². The number of benzene rings is 2. The minimum absolute atomic E-state index is 0.0812. The van der Waals surface area contributed by atoms with Gasteiger partial charge in [0.15, 0.2) is 5.78 Å². The molecule has 0 amide bonds. The van der Waals surface area contributed by atoms with E-state index >= 15 is 0 Å². The third kappa shape index (κ3) is 5.47. The number of carbonyl (C=O) groups is 1. The third-order valence-corrected chi connectivity index (χ3v) is 5.69. The van der Waals surface area contributed by atoms with Gasteiger partial charge in [0, 0.05) is 16.4 Å². The van der Waals surface area contributed by atoms with Gasteiger partial charge in [0.25, 0.3) is 0 Å². The Morgan fingerprint density at radius 1 is 0.962 bits per heavy atom. The highest BCUT2D eigenvalue weighted by Gasteiger charge is 2.12. The molecule has 0 bridgehead atoms. The zero-order valence-electron chi connectivity index (χ0n) is 15.3. The highest BCUT2D eigenvalue weighted by atomic mass is 32.2. The first-order valence-electron chi connectivity index (χ1n) is 7.89. The molecular formula is C20H22O4S2.